The fraction of sp³-hybridized carbons (Fsp3) is 0.250. The lowest BCUT2D eigenvalue weighted by Crippen LogP contribution is -2.30. The van der Waals surface area contributed by atoms with Gasteiger partial charge in [0.1, 0.15) is 5.76 Å². The minimum Gasteiger partial charge on any atom is -0.475 e. The zero-order chi connectivity index (χ0) is 15.9. The van der Waals surface area contributed by atoms with Gasteiger partial charge in [-0.15, -0.1) is 0 Å². The summed E-state index contributed by atoms with van der Waals surface area (Å²) in [6.07, 6.45) is -0.708. The van der Waals surface area contributed by atoms with Crippen LogP contribution in [0.15, 0.2) is 46.9 Å². The molecule has 0 fully saturated rings. The number of furan rings is 1. The van der Waals surface area contributed by atoms with Crippen LogP contribution in [-0.2, 0) is 16.1 Å². The molecule has 6 nitrogen and oxygen atoms in total. The molecular weight excluding hydrogens is 286 g/mol. The molecule has 1 heterocycles. The average molecular weight is 303 g/mol. The molecule has 0 spiro atoms. The zero-order valence-electron chi connectivity index (χ0n) is 12.1. The molecule has 2 aromatic rings. The van der Waals surface area contributed by atoms with Crippen molar-refractivity contribution in [1.29, 1.82) is 0 Å². The Balaban J connectivity index is 2.00. The van der Waals surface area contributed by atoms with Gasteiger partial charge in [-0.05, 0) is 24.6 Å². The van der Waals surface area contributed by atoms with E-state index >= 15 is 0 Å². The molecule has 116 valence electrons. The SMILES string of the molecule is CCOC(C(=O)NCc1ccc(C(=O)O)o1)c1ccccc1. The Labute approximate surface area is 127 Å². The second kappa shape index (κ2) is 7.42. The molecule has 0 saturated heterocycles. The molecule has 0 aliphatic heterocycles. The monoisotopic (exact) mass is 303 g/mol. The predicted octanol–water partition coefficient (Wildman–Crippen LogP) is 2.37. The van der Waals surface area contributed by atoms with Gasteiger partial charge in [-0.25, -0.2) is 4.79 Å². The van der Waals surface area contributed by atoms with Crippen molar-refractivity contribution in [2.75, 3.05) is 6.61 Å². The van der Waals surface area contributed by atoms with Gasteiger partial charge in [-0.3, -0.25) is 4.79 Å². The molecule has 0 aliphatic carbocycles. The molecule has 22 heavy (non-hydrogen) atoms. The second-order valence-electron chi connectivity index (χ2n) is 4.53. The van der Waals surface area contributed by atoms with Crippen molar-refractivity contribution in [3.05, 3.63) is 59.5 Å². The number of carboxylic acid groups (broad SMARTS) is 1. The van der Waals surface area contributed by atoms with Crippen molar-refractivity contribution in [2.45, 2.75) is 19.6 Å². The van der Waals surface area contributed by atoms with Gasteiger partial charge in [0.15, 0.2) is 6.10 Å². The van der Waals surface area contributed by atoms with Crippen LogP contribution in [0, 0.1) is 0 Å². The van der Waals surface area contributed by atoms with Crippen LogP contribution in [0.2, 0.25) is 0 Å². The lowest BCUT2D eigenvalue weighted by Gasteiger charge is -2.16. The number of ether oxygens (including phenoxy) is 1. The summed E-state index contributed by atoms with van der Waals surface area (Å²) < 4.78 is 10.6. The second-order valence-corrected chi connectivity index (χ2v) is 4.53. The molecule has 1 aromatic carbocycles. The van der Waals surface area contributed by atoms with E-state index < -0.39 is 12.1 Å². The third-order valence-corrected chi connectivity index (χ3v) is 2.98. The first-order valence-electron chi connectivity index (χ1n) is 6.88. The summed E-state index contributed by atoms with van der Waals surface area (Å²) in [7, 11) is 0. The van der Waals surface area contributed by atoms with Crippen molar-refractivity contribution in [1.82, 2.24) is 5.32 Å². The molecule has 6 heteroatoms. The summed E-state index contributed by atoms with van der Waals surface area (Å²) in [5.41, 5.74) is 0.757. The van der Waals surface area contributed by atoms with Gasteiger partial charge < -0.3 is 19.6 Å². The van der Waals surface area contributed by atoms with E-state index in [9.17, 15) is 9.59 Å². The summed E-state index contributed by atoms with van der Waals surface area (Å²) in [5.74, 6) is -1.24. The summed E-state index contributed by atoms with van der Waals surface area (Å²) >= 11 is 0. The number of rotatable bonds is 7. The van der Waals surface area contributed by atoms with Crippen LogP contribution in [0.3, 0.4) is 0 Å². The number of nitrogens with one attached hydrogen (secondary N) is 1. The van der Waals surface area contributed by atoms with Crippen LogP contribution in [0.1, 0.15) is 34.9 Å². The van der Waals surface area contributed by atoms with Crippen molar-refractivity contribution in [2.24, 2.45) is 0 Å². The number of hydrogen-bond donors (Lipinski definition) is 2. The van der Waals surface area contributed by atoms with Gasteiger partial charge in [0.05, 0.1) is 6.54 Å². The molecule has 1 unspecified atom stereocenters. The Hall–Kier alpha value is -2.60. The van der Waals surface area contributed by atoms with E-state index in [-0.39, 0.29) is 18.2 Å². The summed E-state index contributed by atoms with van der Waals surface area (Å²) in [5, 5.41) is 11.5. The largest absolute Gasteiger partial charge is 0.475 e. The first-order valence-corrected chi connectivity index (χ1v) is 6.88. The Morgan fingerprint density at radius 1 is 1.23 bits per heavy atom. The molecule has 0 bridgehead atoms. The molecule has 0 saturated carbocycles. The standard InChI is InChI=1S/C16H17NO5/c1-2-21-14(11-6-4-3-5-7-11)15(18)17-10-12-8-9-13(22-12)16(19)20/h3-9,14H,2,10H2,1H3,(H,17,18)(H,19,20). The highest BCUT2D eigenvalue weighted by molar-refractivity contribution is 5.84. The summed E-state index contributed by atoms with van der Waals surface area (Å²) in [4.78, 5) is 23.0. The van der Waals surface area contributed by atoms with Crippen molar-refractivity contribution in [3.8, 4) is 0 Å². The molecule has 0 radical (unpaired) electrons. The Kier molecular flexibility index (Phi) is 5.32. The number of aromatic carboxylic acids is 1. The van der Waals surface area contributed by atoms with Crippen molar-refractivity contribution in [3.63, 3.8) is 0 Å². The molecular formula is C16H17NO5. The Bertz CT molecular complexity index is 635. The fourth-order valence-electron chi connectivity index (χ4n) is 1.97. The third-order valence-electron chi connectivity index (χ3n) is 2.98. The van der Waals surface area contributed by atoms with Gasteiger partial charge in [0.2, 0.25) is 5.76 Å². The normalized spacial score (nSPS) is 11.9. The van der Waals surface area contributed by atoms with Gasteiger partial charge in [-0.2, -0.15) is 0 Å². The van der Waals surface area contributed by atoms with Crippen LogP contribution < -0.4 is 5.32 Å². The van der Waals surface area contributed by atoms with Crippen LogP contribution in [0.25, 0.3) is 0 Å². The maximum atomic E-state index is 12.3. The maximum Gasteiger partial charge on any atom is 0.371 e. The third kappa shape index (κ3) is 3.95. The minimum absolute atomic E-state index is 0.0997. The summed E-state index contributed by atoms with van der Waals surface area (Å²) in [6.45, 7) is 2.31. The smallest absolute Gasteiger partial charge is 0.371 e. The number of carboxylic acids is 1. The molecule has 2 rings (SSSR count). The zero-order valence-corrected chi connectivity index (χ0v) is 12.1. The highest BCUT2D eigenvalue weighted by Gasteiger charge is 2.20. The van der Waals surface area contributed by atoms with Crippen LogP contribution in [0.5, 0.6) is 0 Å². The van der Waals surface area contributed by atoms with Crippen molar-refractivity contribution < 1.29 is 23.8 Å². The van der Waals surface area contributed by atoms with E-state index in [4.69, 9.17) is 14.3 Å². The number of amides is 1. The summed E-state index contributed by atoms with van der Waals surface area (Å²) in [6, 6.07) is 12.0. The highest BCUT2D eigenvalue weighted by Crippen LogP contribution is 2.17. The van der Waals surface area contributed by atoms with E-state index in [1.54, 1.807) is 0 Å². The lowest BCUT2D eigenvalue weighted by atomic mass is 10.1. The molecule has 2 N–H and O–H groups in total. The van der Waals surface area contributed by atoms with Crippen LogP contribution in [-0.4, -0.2) is 23.6 Å². The minimum atomic E-state index is -1.14. The quantitative estimate of drug-likeness (QED) is 0.819. The van der Waals surface area contributed by atoms with Gasteiger partial charge >= 0.3 is 5.97 Å². The first-order chi connectivity index (χ1) is 10.6. The topological polar surface area (TPSA) is 88.8 Å². The predicted molar refractivity (Wildman–Crippen MR) is 78.3 cm³/mol. The lowest BCUT2D eigenvalue weighted by molar-refractivity contribution is -0.133. The Morgan fingerprint density at radius 3 is 2.55 bits per heavy atom. The van der Waals surface area contributed by atoms with E-state index in [1.165, 1.54) is 12.1 Å². The number of benzene rings is 1. The first kappa shape index (κ1) is 15.8. The molecule has 1 atom stereocenters. The number of hydrogen-bond acceptors (Lipinski definition) is 4. The van der Waals surface area contributed by atoms with Crippen LogP contribution >= 0.6 is 0 Å². The van der Waals surface area contributed by atoms with E-state index in [0.29, 0.717) is 12.4 Å². The van der Waals surface area contributed by atoms with Crippen LogP contribution in [0.4, 0.5) is 0 Å². The average Bonchev–Trinajstić information content (AvgIpc) is 3.00. The Morgan fingerprint density at radius 2 is 1.95 bits per heavy atom. The highest BCUT2D eigenvalue weighted by atomic mass is 16.5. The maximum absolute atomic E-state index is 12.3. The fourth-order valence-corrected chi connectivity index (χ4v) is 1.97. The molecule has 1 aromatic heterocycles. The van der Waals surface area contributed by atoms with E-state index in [0.717, 1.165) is 5.56 Å². The molecule has 0 aliphatic rings. The van der Waals surface area contributed by atoms with E-state index in [1.807, 2.05) is 37.3 Å². The van der Waals surface area contributed by atoms with Gasteiger partial charge in [0, 0.05) is 6.61 Å². The van der Waals surface area contributed by atoms with E-state index in [2.05, 4.69) is 5.32 Å². The van der Waals surface area contributed by atoms with Crippen molar-refractivity contribution >= 4 is 11.9 Å². The number of carbonyl (C=O) groups excluding carboxylic acids is 1. The number of carbonyl (C=O) groups is 2. The van der Waals surface area contributed by atoms with Gasteiger partial charge in [-0.1, -0.05) is 30.3 Å². The molecule has 1 amide bonds. The van der Waals surface area contributed by atoms with Gasteiger partial charge in [0.25, 0.3) is 5.91 Å².